The van der Waals surface area contributed by atoms with Crippen molar-refractivity contribution in [2.45, 2.75) is 26.7 Å². The molecule has 22 heavy (non-hydrogen) atoms. The molecule has 0 aliphatic carbocycles. The number of carbonyl (C=O) groups excluding carboxylic acids is 2. The van der Waals surface area contributed by atoms with Gasteiger partial charge in [0.25, 0.3) is 0 Å². The third kappa shape index (κ3) is 6.49. The molecular weight excluding hydrogens is 284 g/mol. The minimum absolute atomic E-state index is 0.0262. The molecule has 0 aliphatic rings. The first-order valence-electron chi connectivity index (χ1n) is 7.27. The standard InChI is InChI=1S/C16H22N2O4/c1-3-9-18(11-16(21)22)10-8-15(20)17-14-6-4-13(5-7-14)12(2)19/h4-7H,3,8-11H2,1-2H3,(H,17,20)(H,21,22). The zero-order valence-corrected chi connectivity index (χ0v) is 13.0. The maximum atomic E-state index is 11.9. The van der Waals surface area contributed by atoms with E-state index in [9.17, 15) is 14.4 Å². The lowest BCUT2D eigenvalue weighted by atomic mass is 10.1. The summed E-state index contributed by atoms with van der Waals surface area (Å²) >= 11 is 0. The van der Waals surface area contributed by atoms with Crippen molar-refractivity contribution in [1.29, 1.82) is 0 Å². The van der Waals surface area contributed by atoms with Crippen LogP contribution in [0.1, 0.15) is 37.0 Å². The van der Waals surface area contributed by atoms with Gasteiger partial charge in [0.05, 0.1) is 6.54 Å². The van der Waals surface area contributed by atoms with E-state index in [2.05, 4.69) is 5.32 Å². The Balaban J connectivity index is 2.47. The van der Waals surface area contributed by atoms with Crippen LogP contribution in [-0.4, -0.2) is 47.3 Å². The zero-order valence-electron chi connectivity index (χ0n) is 13.0. The quantitative estimate of drug-likeness (QED) is 0.682. The monoisotopic (exact) mass is 306 g/mol. The summed E-state index contributed by atoms with van der Waals surface area (Å²) in [6.07, 6.45) is 1.06. The van der Waals surface area contributed by atoms with Gasteiger partial charge in [-0.1, -0.05) is 6.92 Å². The van der Waals surface area contributed by atoms with Gasteiger partial charge < -0.3 is 10.4 Å². The van der Waals surface area contributed by atoms with Gasteiger partial charge in [-0.3, -0.25) is 19.3 Å². The predicted molar refractivity (Wildman–Crippen MR) is 84.1 cm³/mol. The largest absolute Gasteiger partial charge is 0.480 e. The molecule has 6 heteroatoms. The first-order chi connectivity index (χ1) is 10.4. The summed E-state index contributed by atoms with van der Waals surface area (Å²) in [4.78, 5) is 35.5. The molecule has 0 atom stereocenters. The molecule has 0 unspecified atom stereocenters. The molecule has 1 aromatic carbocycles. The van der Waals surface area contributed by atoms with E-state index < -0.39 is 5.97 Å². The Morgan fingerprint density at radius 3 is 2.27 bits per heavy atom. The number of Topliss-reactive ketones (excluding diaryl/α,β-unsaturated/α-hetero) is 1. The molecule has 0 spiro atoms. The van der Waals surface area contributed by atoms with Crippen LogP contribution in [-0.2, 0) is 9.59 Å². The summed E-state index contributed by atoms with van der Waals surface area (Å²) < 4.78 is 0. The van der Waals surface area contributed by atoms with Gasteiger partial charge in [0.15, 0.2) is 5.78 Å². The number of carbonyl (C=O) groups is 3. The van der Waals surface area contributed by atoms with Crippen molar-refractivity contribution < 1.29 is 19.5 Å². The van der Waals surface area contributed by atoms with Gasteiger partial charge in [-0.25, -0.2) is 0 Å². The van der Waals surface area contributed by atoms with Crippen molar-refractivity contribution in [1.82, 2.24) is 4.90 Å². The third-order valence-corrected chi connectivity index (χ3v) is 3.13. The van der Waals surface area contributed by atoms with Gasteiger partial charge in [0.2, 0.25) is 5.91 Å². The number of nitrogens with zero attached hydrogens (tertiary/aromatic N) is 1. The van der Waals surface area contributed by atoms with Gasteiger partial charge in [0.1, 0.15) is 0 Å². The van der Waals surface area contributed by atoms with E-state index in [0.717, 1.165) is 6.42 Å². The summed E-state index contributed by atoms with van der Waals surface area (Å²) in [7, 11) is 0. The van der Waals surface area contributed by atoms with Gasteiger partial charge in [-0.05, 0) is 44.2 Å². The molecule has 1 rings (SSSR count). The molecule has 0 saturated heterocycles. The normalized spacial score (nSPS) is 10.5. The number of anilines is 1. The van der Waals surface area contributed by atoms with Crippen molar-refractivity contribution in [3.63, 3.8) is 0 Å². The first kappa shape index (κ1) is 17.8. The molecule has 0 fully saturated rings. The maximum Gasteiger partial charge on any atom is 0.317 e. The van der Waals surface area contributed by atoms with Crippen molar-refractivity contribution >= 4 is 23.3 Å². The summed E-state index contributed by atoms with van der Waals surface area (Å²) in [5.74, 6) is -1.10. The van der Waals surface area contributed by atoms with E-state index in [1.807, 2.05) is 6.92 Å². The Bertz CT molecular complexity index is 525. The fraction of sp³-hybridized carbons (Fsp3) is 0.438. The highest BCUT2D eigenvalue weighted by Gasteiger charge is 2.11. The maximum absolute atomic E-state index is 11.9. The number of benzene rings is 1. The average Bonchev–Trinajstić information content (AvgIpc) is 2.45. The first-order valence-corrected chi connectivity index (χ1v) is 7.27. The Labute approximate surface area is 130 Å². The van der Waals surface area contributed by atoms with Gasteiger partial charge in [-0.2, -0.15) is 0 Å². The Morgan fingerprint density at radius 2 is 1.77 bits per heavy atom. The second-order valence-electron chi connectivity index (χ2n) is 5.10. The zero-order chi connectivity index (χ0) is 16.5. The van der Waals surface area contributed by atoms with Crippen molar-refractivity contribution in [2.24, 2.45) is 0 Å². The SMILES string of the molecule is CCCN(CCC(=O)Nc1ccc(C(C)=O)cc1)CC(=O)O. The van der Waals surface area contributed by atoms with Crippen LogP contribution in [0, 0.1) is 0 Å². The third-order valence-electron chi connectivity index (χ3n) is 3.13. The van der Waals surface area contributed by atoms with Crippen LogP contribution in [0.3, 0.4) is 0 Å². The Morgan fingerprint density at radius 1 is 1.14 bits per heavy atom. The van der Waals surface area contributed by atoms with Crippen LogP contribution in [0.5, 0.6) is 0 Å². The van der Waals surface area contributed by atoms with Crippen LogP contribution in [0.4, 0.5) is 5.69 Å². The van der Waals surface area contributed by atoms with Gasteiger partial charge >= 0.3 is 5.97 Å². The highest BCUT2D eigenvalue weighted by atomic mass is 16.4. The van der Waals surface area contributed by atoms with Gasteiger partial charge in [0, 0.05) is 24.2 Å². The molecular formula is C16H22N2O4. The van der Waals surface area contributed by atoms with E-state index in [1.54, 1.807) is 29.2 Å². The molecule has 0 radical (unpaired) electrons. The minimum atomic E-state index is -0.895. The predicted octanol–water partition coefficient (Wildman–Crippen LogP) is 2.01. The fourth-order valence-corrected chi connectivity index (χ4v) is 2.05. The number of carboxylic acid groups (broad SMARTS) is 1. The number of nitrogens with one attached hydrogen (secondary N) is 1. The van der Waals surface area contributed by atoms with E-state index in [-0.39, 0.29) is 24.7 Å². The fourth-order valence-electron chi connectivity index (χ4n) is 2.05. The summed E-state index contributed by atoms with van der Waals surface area (Å²) in [5.41, 5.74) is 1.21. The lowest BCUT2D eigenvalue weighted by molar-refractivity contribution is -0.138. The van der Waals surface area contributed by atoms with Crippen LogP contribution in [0.15, 0.2) is 24.3 Å². The van der Waals surface area contributed by atoms with Crippen LogP contribution < -0.4 is 5.32 Å². The molecule has 0 heterocycles. The summed E-state index contributed by atoms with van der Waals surface area (Å²) in [6.45, 7) is 4.43. The molecule has 120 valence electrons. The molecule has 0 bridgehead atoms. The number of hydrogen-bond acceptors (Lipinski definition) is 4. The van der Waals surface area contributed by atoms with Gasteiger partial charge in [-0.15, -0.1) is 0 Å². The number of rotatable bonds is 9. The second kappa shape index (κ2) is 8.94. The molecule has 0 saturated carbocycles. The van der Waals surface area contributed by atoms with Crippen molar-refractivity contribution in [3.05, 3.63) is 29.8 Å². The van der Waals surface area contributed by atoms with E-state index in [4.69, 9.17) is 5.11 Å². The van der Waals surface area contributed by atoms with Crippen molar-refractivity contribution in [2.75, 3.05) is 25.0 Å². The molecule has 1 aromatic rings. The molecule has 0 aliphatic heterocycles. The highest BCUT2D eigenvalue weighted by molar-refractivity contribution is 5.95. The van der Waals surface area contributed by atoms with E-state index in [0.29, 0.717) is 24.3 Å². The lowest BCUT2D eigenvalue weighted by Gasteiger charge is -2.18. The molecule has 2 N–H and O–H groups in total. The minimum Gasteiger partial charge on any atom is -0.480 e. The summed E-state index contributed by atoms with van der Waals surface area (Å²) in [5, 5.41) is 11.5. The topological polar surface area (TPSA) is 86.7 Å². The van der Waals surface area contributed by atoms with Crippen LogP contribution >= 0.6 is 0 Å². The number of carboxylic acids is 1. The van der Waals surface area contributed by atoms with Crippen LogP contribution in [0.2, 0.25) is 0 Å². The number of amides is 1. The average molecular weight is 306 g/mol. The Hall–Kier alpha value is -2.21. The van der Waals surface area contributed by atoms with E-state index >= 15 is 0 Å². The number of ketones is 1. The molecule has 0 aromatic heterocycles. The number of hydrogen-bond donors (Lipinski definition) is 2. The lowest BCUT2D eigenvalue weighted by Crippen LogP contribution is -2.33. The smallest absolute Gasteiger partial charge is 0.317 e. The van der Waals surface area contributed by atoms with E-state index in [1.165, 1.54) is 6.92 Å². The summed E-state index contributed by atoms with van der Waals surface area (Å²) in [6, 6.07) is 6.67. The highest BCUT2D eigenvalue weighted by Crippen LogP contribution is 2.10. The Kier molecular flexibility index (Phi) is 7.25. The molecule has 1 amide bonds. The second-order valence-corrected chi connectivity index (χ2v) is 5.10. The number of aliphatic carboxylic acids is 1. The van der Waals surface area contributed by atoms with Crippen molar-refractivity contribution in [3.8, 4) is 0 Å². The molecule has 6 nitrogen and oxygen atoms in total. The van der Waals surface area contributed by atoms with Crippen LogP contribution in [0.25, 0.3) is 0 Å².